The number of carbonyl (C=O) groups is 2. The van der Waals surface area contributed by atoms with Crippen molar-refractivity contribution in [2.45, 2.75) is 39.7 Å². The predicted octanol–water partition coefficient (Wildman–Crippen LogP) is 2.14. The first-order valence-electron chi connectivity index (χ1n) is 8.23. The van der Waals surface area contributed by atoms with Crippen molar-refractivity contribution >= 4 is 11.8 Å². The summed E-state index contributed by atoms with van der Waals surface area (Å²) in [6.45, 7) is 7.21. The lowest BCUT2D eigenvalue weighted by Gasteiger charge is -2.31. The average molecular weight is 318 g/mol. The van der Waals surface area contributed by atoms with E-state index in [-0.39, 0.29) is 30.4 Å². The minimum atomic E-state index is -0.0201. The van der Waals surface area contributed by atoms with Crippen LogP contribution in [0.1, 0.15) is 32.3 Å². The highest BCUT2D eigenvalue weighted by atomic mass is 16.5. The summed E-state index contributed by atoms with van der Waals surface area (Å²) in [4.78, 5) is 26.0. The molecule has 2 rings (SSSR count). The van der Waals surface area contributed by atoms with Crippen LogP contribution in [0.3, 0.4) is 0 Å². The van der Waals surface area contributed by atoms with Gasteiger partial charge in [-0.3, -0.25) is 9.59 Å². The summed E-state index contributed by atoms with van der Waals surface area (Å²) < 4.78 is 5.53. The molecule has 1 heterocycles. The van der Waals surface area contributed by atoms with Gasteiger partial charge in [-0.25, -0.2) is 0 Å². The Labute approximate surface area is 138 Å². The van der Waals surface area contributed by atoms with E-state index in [9.17, 15) is 9.59 Å². The molecule has 2 amide bonds. The van der Waals surface area contributed by atoms with Gasteiger partial charge in [0.25, 0.3) is 5.91 Å². The molecule has 1 aromatic carbocycles. The first-order valence-corrected chi connectivity index (χ1v) is 8.23. The summed E-state index contributed by atoms with van der Waals surface area (Å²) in [6, 6.07) is 7.80. The smallest absolute Gasteiger partial charge is 0.260 e. The molecule has 1 aromatic rings. The number of rotatable bonds is 5. The minimum Gasteiger partial charge on any atom is -0.484 e. The van der Waals surface area contributed by atoms with Crippen molar-refractivity contribution < 1.29 is 14.3 Å². The van der Waals surface area contributed by atoms with Crippen LogP contribution in [0.5, 0.6) is 5.75 Å². The van der Waals surface area contributed by atoms with Gasteiger partial charge >= 0.3 is 0 Å². The predicted molar refractivity (Wildman–Crippen MR) is 89.3 cm³/mol. The van der Waals surface area contributed by atoms with E-state index < -0.39 is 0 Å². The summed E-state index contributed by atoms with van der Waals surface area (Å²) in [5.41, 5.74) is 1.16. The van der Waals surface area contributed by atoms with E-state index in [2.05, 4.69) is 5.32 Å². The number of carbonyl (C=O) groups excluding carboxylic acids is 2. The molecule has 1 saturated heterocycles. The van der Waals surface area contributed by atoms with Crippen molar-refractivity contribution in [1.82, 2.24) is 10.2 Å². The molecule has 0 unspecified atom stereocenters. The number of likely N-dealkylation sites (tertiary alicyclic amines) is 1. The van der Waals surface area contributed by atoms with Crippen LogP contribution < -0.4 is 10.1 Å². The molecule has 5 heteroatoms. The molecule has 1 aliphatic rings. The minimum absolute atomic E-state index is 0.0134. The Morgan fingerprint density at radius 2 is 1.83 bits per heavy atom. The van der Waals surface area contributed by atoms with Gasteiger partial charge in [0.1, 0.15) is 5.75 Å². The van der Waals surface area contributed by atoms with Crippen LogP contribution in [0.2, 0.25) is 0 Å². The molecule has 0 aromatic heterocycles. The molecule has 1 aliphatic heterocycles. The average Bonchev–Trinajstić information content (AvgIpc) is 2.53. The number of benzene rings is 1. The fourth-order valence-electron chi connectivity index (χ4n) is 2.66. The summed E-state index contributed by atoms with van der Waals surface area (Å²) in [5.74, 6) is 0.797. The van der Waals surface area contributed by atoms with E-state index in [0.29, 0.717) is 18.8 Å². The van der Waals surface area contributed by atoms with E-state index in [1.165, 1.54) is 0 Å². The highest BCUT2D eigenvalue weighted by Crippen LogP contribution is 2.18. The van der Waals surface area contributed by atoms with Crippen molar-refractivity contribution in [3.8, 4) is 5.75 Å². The zero-order valence-electron chi connectivity index (χ0n) is 14.2. The maximum Gasteiger partial charge on any atom is 0.260 e. The quantitative estimate of drug-likeness (QED) is 0.905. The fraction of sp³-hybridized carbons (Fsp3) is 0.556. The summed E-state index contributed by atoms with van der Waals surface area (Å²) in [6.07, 6.45) is 1.43. The molecule has 23 heavy (non-hydrogen) atoms. The number of amides is 2. The van der Waals surface area contributed by atoms with Gasteiger partial charge in [0.2, 0.25) is 5.91 Å². The van der Waals surface area contributed by atoms with Crippen molar-refractivity contribution in [2.75, 3.05) is 19.7 Å². The third-order valence-electron chi connectivity index (χ3n) is 4.03. The number of nitrogens with zero attached hydrogens (tertiary/aromatic N) is 1. The zero-order chi connectivity index (χ0) is 16.8. The Morgan fingerprint density at radius 3 is 2.39 bits per heavy atom. The third kappa shape index (κ3) is 5.27. The standard InChI is InChI=1S/C18H26N2O3/c1-13(2)19-18(22)15-8-10-20(11-9-15)17(21)12-23-16-6-4-14(3)5-7-16/h4-7,13,15H,8-12H2,1-3H3,(H,19,22). The number of nitrogens with one attached hydrogen (secondary N) is 1. The lowest BCUT2D eigenvalue weighted by molar-refractivity contribution is -0.137. The Balaban J connectivity index is 1.75. The molecule has 1 fully saturated rings. The lowest BCUT2D eigenvalue weighted by atomic mass is 9.95. The second-order valence-corrected chi connectivity index (χ2v) is 6.42. The molecule has 5 nitrogen and oxygen atoms in total. The van der Waals surface area contributed by atoms with Crippen molar-refractivity contribution in [3.05, 3.63) is 29.8 Å². The molecule has 0 bridgehead atoms. The van der Waals surface area contributed by atoms with Gasteiger partial charge in [-0.05, 0) is 45.7 Å². The van der Waals surface area contributed by atoms with Crippen LogP contribution in [0.4, 0.5) is 0 Å². The normalized spacial score (nSPS) is 15.6. The second-order valence-electron chi connectivity index (χ2n) is 6.42. The van der Waals surface area contributed by atoms with E-state index in [4.69, 9.17) is 4.74 Å². The van der Waals surface area contributed by atoms with Crippen LogP contribution >= 0.6 is 0 Å². The van der Waals surface area contributed by atoms with Crippen LogP contribution in [0.25, 0.3) is 0 Å². The largest absolute Gasteiger partial charge is 0.484 e. The lowest BCUT2D eigenvalue weighted by Crippen LogP contribution is -2.45. The first-order chi connectivity index (χ1) is 11.0. The summed E-state index contributed by atoms with van der Waals surface area (Å²) >= 11 is 0. The maximum absolute atomic E-state index is 12.2. The zero-order valence-corrected chi connectivity index (χ0v) is 14.2. The van der Waals surface area contributed by atoms with Gasteiger partial charge in [0.15, 0.2) is 6.61 Å². The van der Waals surface area contributed by atoms with Gasteiger partial charge in [-0.15, -0.1) is 0 Å². The van der Waals surface area contributed by atoms with Crippen LogP contribution in [-0.2, 0) is 9.59 Å². The molecule has 0 atom stereocenters. The van der Waals surface area contributed by atoms with E-state index in [1.54, 1.807) is 4.90 Å². The molecular formula is C18H26N2O3. The van der Waals surface area contributed by atoms with E-state index in [0.717, 1.165) is 18.4 Å². The Morgan fingerprint density at radius 1 is 1.22 bits per heavy atom. The number of hydrogen-bond donors (Lipinski definition) is 1. The van der Waals surface area contributed by atoms with Crippen molar-refractivity contribution in [1.29, 1.82) is 0 Å². The van der Waals surface area contributed by atoms with E-state index >= 15 is 0 Å². The third-order valence-corrected chi connectivity index (χ3v) is 4.03. The molecular weight excluding hydrogens is 292 g/mol. The number of aryl methyl sites for hydroxylation is 1. The first kappa shape index (κ1) is 17.3. The molecule has 0 radical (unpaired) electrons. The number of piperidine rings is 1. The maximum atomic E-state index is 12.2. The van der Waals surface area contributed by atoms with E-state index in [1.807, 2.05) is 45.0 Å². The van der Waals surface area contributed by atoms with Gasteiger partial charge < -0.3 is 15.0 Å². The summed E-state index contributed by atoms with van der Waals surface area (Å²) in [7, 11) is 0. The van der Waals surface area contributed by atoms with Crippen molar-refractivity contribution in [3.63, 3.8) is 0 Å². The Hall–Kier alpha value is -2.04. The van der Waals surface area contributed by atoms with Gasteiger partial charge in [0.05, 0.1) is 0 Å². The van der Waals surface area contributed by atoms with Crippen LogP contribution in [0, 0.1) is 12.8 Å². The molecule has 126 valence electrons. The van der Waals surface area contributed by atoms with Crippen molar-refractivity contribution in [2.24, 2.45) is 5.92 Å². The second kappa shape index (κ2) is 7.99. The monoisotopic (exact) mass is 318 g/mol. The molecule has 0 saturated carbocycles. The highest BCUT2D eigenvalue weighted by Gasteiger charge is 2.27. The molecule has 0 spiro atoms. The molecule has 1 N–H and O–H groups in total. The highest BCUT2D eigenvalue weighted by molar-refractivity contribution is 5.80. The topological polar surface area (TPSA) is 58.6 Å². The molecule has 0 aliphatic carbocycles. The van der Waals surface area contributed by atoms with Gasteiger partial charge in [-0.1, -0.05) is 17.7 Å². The number of hydrogen-bond acceptors (Lipinski definition) is 3. The fourth-order valence-corrected chi connectivity index (χ4v) is 2.66. The van der Waals surface area contributed by atoms with Gasteiger partial charge in [0, 0.05) is 25.0 Å². The van der Waals surface area contributed by atoms with Crippen LogP contribution in [-0.4, -0.2) is 42.5 Å². The van der Waals surface area contributed by atoms with Crippen LogP contribution in [0.15, 0.2) is 24.3 Å². The summed E-state index contributed by atoms with van der Waals surface area (Å²) in [5, 5.41) is 2.94. The number of ether oxygens (including phenoxy) is 1. The Bertz CT molecular complexity index is 532. The van der Waals surface area contributed by atoms with Gasteiger partial charge in [-0.2, -0.15) is 0 Å². The Kier molecular flexibility index (Phi) is 6.02. The SMILES string of the molecule is Cc1ccc(OCC(=O)N2CCC(C(=O)NC(C)C)CC2)cc1.